The molecule has 0 aliphatic carbocycles. The molecule has 36 heavy (non-hydrogen) atoms. The fourth-order valence-electron chi connectivity index (χ4n) is 4.94. The first kappa shape index (κ1) is 24.6. The highest BCUT2D eigenvalue weighted by molar-refractivity contribution is 9.10. The molecule has 3 aromatic carbocycles. The van der Waals surface area contributed by atoms with Crippen molar-refractivity contribution in [3.63, 3.8) is 0 Å². The monoisotopic (exact) mass is 542 g/mol. The van der Waals surface area contributed by atoms with Crippen LogP contribution in [0.1, 0.15) is 34.1 Å². The molecule has 1 saturated heterocycles. The maximum atomic E-state index is 4.58. The lowest BCUT2D eigenvalue weighted by Gasteiger charge is -2.38. The third-order valence-electron chi connectivity index (χ3n) is 6.82. The molecule has 1 atom stereocenters. The highest BCUT2D eigenvalue weighted by Crippen LogP contribution is 2.31. The van der Waals surface area contributed by atoms with E-state index < -0.39 is 0 Å². The van der Waals surface area contributed by atoms with Crippen LogP contribution in [0.15, 0.2) is 83.3 Å². The van der Waals surface area contributed by atoms with Crippen molar-refractivity contribution >= 4 is 22.0 Å². The van der Waals surface area contributed by atoms with E-state index in [1.807, 2.05) is 4.68 Å². The van der Waals surface area contributed by atoms with Crippen molar-refractivity contribution in [2.24, 2.45) is 0 Å². The van der Waals surface area contributed by atoms with Crippen molar-refractivity contribution in [3.8, 4) is 5.69 Å². The van der Waals surface area contributed by atoms with Gasteiger partial charge in [-0.1, -0.05) is 88.7 Å². The topological polar surface area (TPSA) is 50.1 Å². The molecule has 5 rings (SSSR count). The number of halogens is 1. The minimum Gasteiger partial charge on any atom is -0.297 e. The average Bonchev–Trinajstić information content (AvgIpc) is 3.36. The Balaban J connectivity index is 1.39. The van der Waals surface area contributed by atoms with E-state index in [1.54, 1.807) is 0 Å². The van der Waals surface area contributed by atoms with Crippen LogP contribution in [-0.2, 0) is 0 Å². The van der Waals surface area contributed by atoms with Crippen LogP contribution >= 0.6 is 15.9 Å². The predicted octanol–water partition coefficient (Wildman–Crippen LogP) is 5.46. The molecule has 4 aromatic rings. The molecular weight excluding hydrogens is 512 g/mol. The summed E-state index contributed by atoms with van der Waals surface area (Å²) in [4.78, 5) is 5.01. The lowest BCUT2D eigenvalue weighted by Crippen LogP contribution is -2.48. The summed E-state index contributed by atoms with van der Waals surface area (Å²) in [6, 6.07) is 25.3. The molecule has 184 valence electrons. The van der Waals surface area contributed by atoms with E-state index in [1.165, 1.54) is 11.1 Å². The number of piperazine rings is 1. The molecule has 6 nitrogen and oxygen atoms in total. The van der Waals surface area contributed by atoms with Gasteiger partial charge in [-0.2, -0.15) is 4.68 Å². The van der Waals surface area contributed by atoms with E-state index in [0.29, 0.717) is 0 Å². The second kappa shape index (κ2) is 11.3. The molecule has 1 aromatic heterocycles. The first-order chi connectivity index (χ1) is 17.6. The van der Waals surface area contributed by atoms with Gasteiger partial charge in [0, 0.05) is 37.2 Å². The molecule has 0 unspecified atom stereocenters. The fourth-order valence-corrected chi connectivity index (χ4v) is 5.20. The van der Waals surface area contributed by atoms with E-state index >= 15 is 0 Å². The molecule has 0 amide bonds. The number of para-hydroxylation sites is 1. The molecule has 0 radical (unpaired) electrons. The number of aryl methyl sites for hydroxylation is 2. The van der Waals surface area contributed by atoms with E-state index in [4.69, 9.17) is 0 Å². The Morgan fingerprint density at radius 3 is 2.25 bits per heavy atom. The van der Waals surface area contributed by atoms with Gasteiger partial charge in [-0.05, 0) is 58.7 Å². The average molecular weight is 544 g/mol. The second-order valence-electron chi connectivity index (χ2n) is 9.29. The Labute approximate surface area is 221 Å². The number of hydrogen-bond acceptors (Lipinski definition) is 5. The van der Waals surface area contributed by atoms with E-state index in [2.05, 4.69) is 140 Å². The van der Waals surface area contributed by atoms with Gasteiger partial charge in [-0.25, -0.2) is 0 Å². The van der Waals surface area contributed by atoms with Gasteiger partial charge in [0.1, 0.15) is 0 Å². The van der Waals surface area contributed by atoms with E-state index in [0.717, 1.165) is 59.8 Å². The quantitative estimate of drug-likeness (QED) is 0.310. The maximum absolute atomic E-state index is 4.58. The van der Waals surface area contributed by atoms with Gasteiger partial charge >= 0.3 is 0 Å². The third-order valence-corrected chi connectivity index (χ3v) is 7.35. The normalized spacial score (nSPS) is 16.0. The summed E-state index contributed by atoms with van der Waals surface area (Å²) in [5.41, 5.74) is 5.81. The van der Waals surface area contributed by atoms with Crippen molar-refractivity contribution in [2.45, 2.75) is 19.9 Å². The molecule has 2 heterocycles. The highest BCUT2D eigenvalue weighted by atomic mass is 79.9. The van der Waals surface area contributed by atoms with E-state index in [-0.39, 0.29) is 6.04 Å². The highest BCUT2D eigenvalue weighted by Gasteiger charge is 2.31. The van der Waals surface area contributed by atoms with Crippen LogP contribution in [0.3, 0.4) is 0 Å². The SMILES string of the molecule is Cc1cccc(C)c1-n1nnnc1[C@H](c1ccc(Br)cc1)N1CCN(C/C=C/c2ccccc2)CC1. The molecule has 1 aliphatic heterocycles. The van der Waals surface area contributed by atoms with Crippen molar-refractivity contribution in [1.82, 2.24) is 30.0 Å². The molecule has 0 saturated carbocycles. The van der Waals surface area contributed by atoms with Crippen LogP contribution in [0.4, 0.5) is 0 Å². The Morgan fingerprint density at radius 2 is 1.56 bits per heavy atom. The first-order valence-corrected chi connectivity index (χ1v) is 13.2. The lowest BCUT2D eigenvalue weighted by molar-refractivity contribution is 0.113. The summed E-state index contributed by atoms with van der Waals surface area (Å²) in [7, 11) is 0. The summed E-state index contributed by atoms with van der Waals surface area (Å²) in [6.07, 6.45) is 4.47. The Morgan fingerprint density at radius 1 is 0.861 bits per heavy atom. The van der Waals surface area contributed by atoms with Gasteiger partial charge in [-0.3, -0.25) is 9.80 Å². The number of nitrogens with zero attached hydrogens (tertiary/aromatic N) is 6. The van der Waals surface area contributed by atoms with E-state index in [9.17, 15) is 0 Å². The molecule has 7 heteroatoms. The molecule has 1 aliphatic rings. The van der Waals surface area contributed by atoms with Gasteiger partial charge in [0.25, 0.3) is 0 Å². The number of benzene rings is 3. The van der Waals surface area contributed by atoms with Crippen LogP contribution in [0.5, 0.6) is 0 Å². The lowest BCUT2D eigenvalue weighted by atomic mass is 10.0. The van der Waals surface area contributed by atoms with Gasteiger partial charge in [0.2, 0.25) is 0 Å². The first-order valence-electron chi connectivity index (χ1n) is 12.4. The van der Waals surface area contributed by atoms with Crippen LogP contribution in [-0.4, -0.2) is 62.7 Å². The van der Waals surface area contributed by atoms with Gasteiger partial charge < -0.3 is 0 Å². The van der Waals surface area contributed by atoms with Gasteiger partial charge in [-0.15, -0.1) is 5.10 Å². The fraction of sp³-hybridized carbons (Fsp3) is 0.276. The number of aromatic nitrogens is 4. The standard InChI is InChI=1S/C29H31BrN6/c1-22-8-6-9-23(2)27(22)36-29(31-32-33-36)28(25-13-15-26(30)16-14-25)35-20-18-34(19-21-35)17-7-12-24-10-4-3-5-11-24/h3-16,28H,17-21H2,1-2H3/b12-7+/t28-/m0/s1. The van der Waals surface area contributed by atoms with Crippen LogP contribution in [0.2, 0.25) is 0 Å². The Kier molecular flexibility index (Phi) is 7.70. The zero-order valence-corrected chi connectivity index (χ0v) is 22.3. The largest absolute Gasteiger partial charge is 0.297 e. The third kappa shape index (κ3) is 5.48. The zero-order chi connectivity index (χ0) is 24.9. The smallest absolute Gasteiger partial charge is 0.178 e. The summed E-state index contributed by atoms with van der Waals surface area (Å²) < 4.78 is 3.00. The number of tetrazole rings is 1. The second-order valence-corrected chi connectivity index (χ2v) is 10.2. The summed E-state index contributed by atoms with van der Waals surface area (Å²) >= 11 is 3.59. The van der Waals surface area contributed by atoms with Crippen LogP contribution in [0, 0.1) is 13.8 Å². The molecule has 1 fully saturated rings. The summed E-state index contributed by atoms with van der Waals surface area (Å²) in [6.45, 7) is 9.06. The Bertz CT molecular complexity index is 1290. The summed E-state index contributed by atoms with van der Waals surface area (Å²) in [5, 5.41) is 13.2. The van der Waals surface area contributed by atoms with Gasteiger partial charge in [0.05, 0.1) is 11.7 Å². The number of hydrogen-bond donors (Lipinski definition) is 0. The molecular formula is C29H31BrN6. The van der Waals surface area contributed by atoms with Crippen molar-refractivity contribution in [3.05, 3.63) is 111 Å². The molecule has 0 N–H and O–H groups in total. The van der Waals surface area contributed by atoms with Crippen molar-refractivity contribution < 1.29 is 0 Å². The maximum Gasteiger partial charge on any atom is 0.178 e. The molecule has 0 spiro atoms. The van der Waals surface area contributed by atoms with Crippen LogP contribution < -0.4 is 0 Å². The van der Waals surface area contributed by atoms with Crippen molar-refractivity contribution in [2.75, 3.05) is 32.7 Å². The minimum absolute atomic E-state index is 0.0332. The predicted molar refractivity (Wildman–Crippen MR) is 148 cm³/mol. The summed E-state index contributed by atoms with van der Waals surface area (Å²) in [5.74, 6) is 0.854. The zero-order valence-electron chi connectivity index (χ0n) is 20.8. The van der Waals surface area contributed by atoms with Crippen molar-refractivity contribution in [1.29, 1.82) is 0 Å². The van der Waals surface area contributed by atoms with Crippen LogP contribution in [0.25, 0.3) is 11.8 Å². The van der Waals surface area contributed by atoms with Gasteiger partial charge in [0.15, 0.2) is 5.82 Å². The Hall–Kier alpha value is -3.13. The minimum atomic E-state index is -0.0332. The number of rotatable bonds is 7. The molecule has 0 bridgehead atoms.